The number of nitrogens with one attached hydrogen (secondary N) is 2. The number of fused-ring (bicyclic) bond motifs is 6. The van der Waals surface area contributed by atoms with Crippen molar-refractivity contribution < 1.29 is 29.4 Å². The number of aliphatic carboxylic acids is 2. The van der Waals surface area contributed by atoms with Crippen LogP contribution in [0.25, 0.3) is 11.1 Å². The number of aromatic nitrogens is 4. The van der Waals surface area contributed by atoms with Gasteiger partial charge in [-0.25, -0.2) is 9.97 Å². The van der Waals surface area contributed by atoms with E-state index in [1.54, 1.807) is 6.07 Å². The van der Waals surface area contributed by atoms with Gasteiger partial charge >= 0.3 is 11.9 Å². The Balaban J connectivity index is 0.779. The number of amides is 2. The fourth-order valence-electron chi connectivity index (χ4n) is 12.9. The van der Waals surface area contributed by atoms with Crippen molar-refractivity contribution >= 4 is 46.7 Å². The number of hydrogen-bond donors (Lipinski definition) is 4. The second-order valence-corrected chi connectivity index (χ2v) is 20.8. The highest BCUT2D eigenvalue weighted by atomic mass is 35.5. The molecule has 15 heteroatoms. The van der Waals surface area contributed by atoms with Crippen molar-refractivity contribution in [2.24, 2.45) is 35.8 Å². The van der Waals surface area contributed by atoms with Gasteiger partial charge in [0.05, 0.1) is 32.9 Å². The van der Waals surface area contributed by atoms with Gasteiger partial charge in [0.2, 0.25) is 0 Å². The summed E-state index contributed by atoms with van der Waals surface area (Å²) in [6, 6.07) is 11.2. The standard InChI is InChI=1S/C49H59ClN8O6/c1-30-31(6-4-8-33(30)53-42(59)40-51-35-26-57(22-10-37(35)55(40)2)24-20-46-12-16-48(28-46,17-13-46)44(61)62)32-7-5-9-34(39(32)50)54-43(60)41-52-36-27-58(23-11-38(36)56(41)3)25-21-47-14-18-49(29-47,19-15-47)45(63)64/h4-9H,10-29H2,1-3H3,(H,53,59)(H,54,60)(H,61,62)(H,63,64). The summed E-state index contributed by atoms with van der Waals surface area (Å²) in [4.78, 5) is 66.2. The van der Waals surface area contributed by atoms with Crippen molar-refractivity contribution in [2.75, 3.05) is 36.8 Å². The van der Waals surface area contributed by atoms with E-state index in [1.807, 2.05) is 60.5 Å². The number of benzene rings is 2. The predicted octanol–water partition coefficient (Wildman–Crippen LogP) is 7.85. The van der Waals surface area contributed by atoms with Gasteiger partial charge in [-0.3, -0.25) is 29.0 Å². The van der Waals surface area contributed by atoms with Crippen LogP contribution in [0.15, 0.2) is 36.4 Å². The first-order chi connectivity index (χ1) is 30.6. The number of carboxylic acids is 2. The molecule has 2 amide bonds. The Labute approximate surface area is 378 Å². The minimum Gasteiger partial charge on any atom is -0.481 e. The van der Waals surface area contributed by atoms with Crippen molar-refractivity contribution in [1.82, 2.24) is 28.9 Å². The zero-order valence-corrected chi connectivity index (χ0v) is 38.0. The normalized spacial score (nSPS) is 27.1. The van der Waals surface area contributed by atoms with Crippen LogP contribution in [0, 0.1) is 28.6 Å². The number of hydrogen-bond acceptors (Lipinski definition) is 8. The number of rotatable bonds is 13. The van der Waals surface area contributed by atoms with E-state index in [-0.39, 0.29) is 22.6 Å². The van der Waals surface area contributed by atoms with Crippen molar-refractivity contribution in [2.45, 2.75) is 110 Å². The molecule has 14 nitrogen and oxygen atoms in total. The number of carbonyl (C=O) groups is 4. The van der Waals surface area contributed by atoms with Gasteiger partial charge in [-0.1, -0.05) is 35.9 Å². The smallest absolute Gasteiger partial charge is 0.309 e. The quantitative estimate of drug-likeness (QED) is 0.104. The van der Waals surface area contributed by atoms with E-state index in [0.717, 1.165) is 150 Å². The third-order valence-corrected chi connectivity index (χ3v) is 17.4. The molecule has 4 heterocycles. The van der Waals surface area contributed by atoms with Crippen LogP contribution in [0.1, 0.15) is 127 Å². The molecule has 338 valence electrons. The molecule has 10 rings (SSSR count). The highest BCUT2D eigenvalue weighted by Crippen LogP contribution is 2.64. The lowest BCUT2D eigenvalue weighted by atomic mass is 9.80. The lowest BCUT2D eigenvalue weighted by Gasteiger charge is -2.32. The van der Waals surface area contributed by atoms with E-state index in [0.29, 0.717) is 46.7 Å². The van der Waals surface area contributed by atoms with Gasteiger partial charge < -0.3 is 30.0 Å². The van der Waals surface area contributed by atoms with E-state index in [1.165, 1.54) is 0 Å². The van der Waals surface area contributed by atoms with Gasteiger partial charge in [-0.15, -0.1) is 0 Å². The molecule has 64 heavy (non-hydrogen) atoms. The molecule has 6 aliphatic rings. The molecule has 0 spiro atoms. The largest absolute Gasteiger partial charge is 0.481 e. The summed E-state index contributed by atoms with van der Waals surface area (Å²) in [5, 5.41) is 26.2. The van der Waals surface area contributed by atoms with Gasteiger partial charge in [0.25, 0.3) is 11.8 Å². The fraction of sp³-hybridized carbons (Fsp3) is 0.551. The summed E-state index contributed by atoms with van der Waals surface area (Å²) in [6.07, 6.45) is 12.3. The maximum atomic E-state index is 13.9. The average Bonchev–Trinajstić information content (AvgIpc) is 4.15. The summed E-state index contributed by atoms with van der Waals surface area (Å²) in [5.74, 6) is -1.23. The molecule has 2 aromatic carbocycles. The Bertz CT molecular complexity index is 2400. The molecule has 4 bridgehead atoms. The predicted molar refractivity (Wildman–Crippen MR) is 242 cm³/mol. The molecule has 4 fully saturated rings. The van der Waals surface area contributed by atoms with Crippen LogP contribution in [-0.2, 0) is 49.6 Å². The topological polar surface area (TPSA) is 175 Å². The molecule has 4 saturated carbocycles. The number of carboxylic acid groups (broad SMARTS) is 2. The summed E-state index contributed by atoms with van der Waals surface area (Å²) in [6.45, 7) is 6.79. The Kier molecular flexibility index (Phi) is 10.6. The average molecular weight is 892 g/mol. The molecule has 4 N–H and O–H groups in total. The van der Waals surface area contributed by atoms with Crippen LogP contribution in [0.4, 0.5) is 11.4 Å². The molecule has 0 radical (unpaired) electrons. The van der Waals surface area contributed by atoms with Crippen molar-refractivity contribution in [3.8, 4) is 11.1 Å². The van der Waals surface area contributed by atoms with Crippen LogP contribution in [0.5, 0.6) is 0 Å². The van der Waals surface area contributed by atoms with Crippen LogP contribution >= 0.6 is 11.6 Å². The number of carbonyl (C=O) groups excluding carboxylic acids is 2. The van der Waals surface area contributed by atoms with E-state index in [9.17, 15) is 29.4 Å². The van der Waals surface area contributed by atoms with E-state index in [2.05, 4.69) is 20.4 Å². The lowest BCUT2D eigenvalue weighted by Crippen LogP contribution is -2.34. The van der Waals surface area contributed by atoms with Crippen LogP contribution in [0.2, 0.25) is 5.02 Å². The first-order valence-corrected chi connectivity index (χ1v) is 23.5. The minimum atomic E-state index is -0.627. The number of anilines is 2. The fourth-order valence-corrected chi connectivity index (χ4v) is 13.2. The number of halogens is 1. The highest BCUT2D eigenvalue weighted by Gasteiger charge is 2.59. The summed E-state index contributed by atoms with van der Waals surface area (Å²) < 4.78 is 3.79. The Morgan fingerprint density at radius 1 is 0.656 bits per heavy atom. The number of imidazole rings is 2. The van der Waals surface area contributed by atoms with Crippen LogP contribution in [-0.4, -0.2) is 89.0 Å². The molecule has 2 aromatic heterocycles. The molecule has 0 saturated heterocycles. The van der Waals surface area contributed by atoms with Crippen LogP contribution < -0.4 is 10.6 Å². The molecule has 0 unspecified atom stereocenters. The SMILES string of the molecule is Cc1c(NC(=O)c2nc3c(n2C)CCN(CCC24CCC(C(=O)O)(CC2)C4)C3)cccc1-c1cccc(NC(=O)c2nc3c(n2C)CCN(CCC24CCC(C(=O)O)(CC2)C4)C3)c1Cl. The Hall–Kier alpha value is -5.05. The zero-order chi connectivity index (χ0) is 44.8. The van der Waals surface area contributed by atoms with Gasteiger partial charge in [0.15, 0.2) is 11.6 Å². The lowest BCUT2D eigenvalue weighted by molar-refractivity contribution is -0.149. The monoisotopic (exact) mass is 890 g/mol. The third kappa shape index (κ3) is 7.24. The van der Waals surface area contributed by atoms with Gasteiger partial charge in [-0.2, -0.15) is 0 Å². The molecular weight excluding hydrogens is 832 g/mol. The first kappa shape index (κ1) is 42.9. The molecule has 4 aromatic rings. The maximum Gasteiger partial charge on any atom is 0.309 e. The summed E-state index contributed by atoms with van der Waals surface area (Å²) in [7, 11) is 3.78. The van der Waals surface area contributed by atoms with E-state index in [4.69, 9.17) is 21.6 Å². The van der Waals surface area contributed by atoms with Gasteiger partial charge in [0.1, 0.15) is 0 Å². The van der Waals surface area contributed by atoms with Gasteiger partial charge in [-0.05, 0) is 131 Å². The van der Waals surface area contributed by atoms with Crippen molar-refractivity contribution in [3.05, 3.63) is 81.4 Å². The Morgan fingerprint density at radius 2 is 1.09 bits per heavy atom. The van der Waals surface area contributed by atoms with Crippen molar-refractivity contribution in [3.63, 3.8) is 0 Å². The van der Waals surface area contributed by atoms with Crippen molar-refractivity contribution in [1.29, 1.82) is 0 Å². The van der Waals surface area contributed by atoms with E-state index < -0.39 is 22.8 Å². The second-order valence-electron chi connectivity index (χ2n) is 20.4. The summed E-state index contributed by atoms with van der Waals surface area (Å²) >= 11 is 7.08. The zero-order valence-electron chi connectivity index (χ0n) is 37.2. The maximum absolute atomic E-state index is 13.9. The third-order valence-electron chi connectivity index (χ3n) is 17.0. The Morgan fingerprint density at radius 3 is 1.55 bits per heavy atom. The first-order valence-electron chi connectivity index (χ1n) is 23.1. The van der Waals surface area contributed by atoms with Gasteiger partial charge in [0, 0.05) is 75.8 Å². The minimum absolute atomic E-state index is 0.132. The molecule has 2 aliphatic heterocycles. The number of nitrogens with zero attached hydrogens (tertiary/aromatic N) is 6. The molecule has 0 atom stereocenters. The summed E-state index contributed by atoms with van der Waals surface area (Å²) in [5.41, 5.74) is 6.60. The van der Waals surface area contributed by atoms with E-state index >= 15 is 0 Å². The second kappa shape index (κ2) is 15.8. The highest BCUT2D eigenvalue weighted by molar-refractivity contribution is 6.36. The molecule has 4 aliphatic carbocycles. The van der Waals surface area contributed by atoms with Crippen LogP contribution in [0.3, 0.4) is 0 Å². The molecular formula is C49H59ClN8O6.